The van der Waals surface area contributed by atoms with E-state index in [-0.39, 0.29) is 18.1 Å². The van der Waals surface area contributed by atoms with E-state index < -0.39 is 17.8 Å². The van der Waals surface area contributed by atoms with Gasteiger partial charge in [-0.3, -0.25) is 9.59 Å². The van der Waals surface area contributed by atoms with Crippen molar-refractivity contribution in [1.82, 2.24) is 9.88 Å². The van der Waals surface area contributed by atoms with Gasteiger partial charge in [0.15, 0.2) is 0 Å². The number of halogens is 2. The lowest BCUT2D eigenvalue weighted by molar-refractivity contribution is 0.0921. The lowest BCUT2D eigenvalue weighted by Gasteiger charge is -2.13. The van der Waals surface area contributed by atoms with Crippen LogP contribution in [0.15, 0.2) is 36.4 Å². The number of nitrogens with one attached hydrogen (secondary N) is 1. The molecule has 2 aromatic carbocycles. The Balaban J connectivity index is 1.63. The average molecular weight is 388 g/mol. The SMILES string of the molecule is Cn1c(C(=O)N[C@@H]2COc3cc(C(N)=O)c(F)cc32)cc2ccc(Cl)cc21. The third-order valence-corrected chi connectivity index (χ3v) is 4.93. The topological polar surface area (TPSA) is 86.3 Å². The van der Waals surface area contributed by atoms with Crippen LogP contribution in [-0.4, -0.2) is 23.0 Å². The normalized spacial score (nSPS) is 15.4. The van der Waals surface area contributed by atoms with Crippen molar-refractivity contribution in [3.63, 3.8) is 0 Å². The predicted octanol–water partition coefficient (Wildman–Crippen LogP) is 2.93. The Morgan fingerprint density at radius 3 is 2.81 bits per heavy atom. The summed E-state index contributed by atoms with van der Waals surface area (Å²) in [5, 5.41) is 4.30. The Kier molecular flexibility index (Phi) is 4.04. The molecule has 1 atom stereocenters. The fraction of sp³-hybridized carbons (Fsp3) is 0.158. The summed E-state index contributed by atoms with van der Waals surface area (Å²) in [4.78, 5) is 24.0. The van der Waals surface area contributed by atoms with Crippen molar-refractivity contribution >= 4 is 34.3 Å². The van der Waals surface area contributed by atoms with Crippen LogP contribution >= 0.6 is 11.6 Å². The van der Waals surface area contributed by atoms with Crippen molar-refractivity contribution in [3.8, 4) is 5.75 Å². The van der Waals surface area contributed by atoms with Crippen LogP contribution in [0.25, 0.3) is 10.9 Å². The third kappa shape index (κ3) is 2.90. The van der Waals surface area contributed by atoms with Gasteiger partial charge in [-0.1, -0.05) is 17.7 Å². The molecule has 6 nitrogen and oxygen atoms in total. The van der Waals surface area contributed by atoms with Crippen LogP contribution < -0.4 is 15.8 Å². The van der Waals surface area contributed by atoms with Gasteiger partial charge in [0.2, 0.25) is 0 Å². The van der Waals surface area contributed by atoms with Crippen LogP contribution in [0.5, 0.6) is 5.75 Å². The van der Waals surface area contributed by atoms with Crippen molar-refractivity contribution in [3.05, 3.63) is 64.1 Å². The molecule has 0 spiro atoms. The number of amides is 2. The Morgan fingerprint density at radius 1 is 1.30 bits per heavy atom. The number of carbonyl (C=O) groups excluding carboxylic acids is 2. The van der Waals surface area contributed by atoms with E-state index in [1.54, 1.807) is 29.8 Å². The van der Waals surface area contributed by atoms with Crippen molar-refractivity contribution in [2.45, 2.75) is 6.04 Å². The number of hydrogen-bond donors (Lipinski definition) is 2. The maximum absolute atomic E-state index is 14.1. The number of ether oxygens (including phenoxy) is 1. The van der Waals surface area contributed by atoms with Gasteiger partial charge in [-0.15, -0.1) is 0 Å². The number of nitrogens with zero attached hydrogens (tertiary/aromatic N) is 1. The summed E-state index contributed by atoms with van der Waals surface area (Å²) < 4.78 is 21.3. The van der Waals surface area contributed by atoms with Gasteiger partial charge >= 0.3 is 0 Å². The highest BCUT2D eigenvalue weighted by molar-refractivity contribution is 6.31. The predicted molar refractivity (Wildman–Crippen MR) is 98.5 cm³/mol. The molecule has 0 bridgehead atoms. The van der Waals surface area contributed by atoms with Crippen LogP contribution in [0.1, 0.15) is 32.5 Å². The minimum Gasteiger partial charge on any atom is -0.491 e. The zero-order valence-corrected chi connectivity index (χ0v) is 15.0. The summed E-state index contributed by atoms with van der Waals surface area (Å²) in [6.45, 7) is 0.137. The Labute approximate surface area is 158 Å². The Bertz CT molecular complexity index is 1110. The average Bonchev–Trinajstić information content (AvgIpc) is 3.15. The summed E-state index contributed by atoms with van der Waals surface area (Å²) >= 11 is 6.02. The van der Waals surface area contributed by atoms with Crippen molar-refractivity contribution < 1.29 is 18.7 Å². The quantitative estimate of drug-likeness (QED) is 0.724. The van der Waals surface area contributed by atoms with Gasteiger partial charge in [0.05, 0.1) is 11.6 Å². The first-order valence-corrected chi connectivity index (χ1v) is 8.55. The monoisotopic (exact) mass is 387 g/mol. The molecule has 4 rings (SSSR count). The van der Waals surface area contributed by atoms with Crippen LogP contribution in [0.4, 0.5) is 4.39 Å². The summed E-state index contributed by atoms with van der Waals surface area (Å²) in [6, 6.07) is 9.03. The first kappa shape index (κ1) is 17.4. The van der Waals surface area contributed by atoms with Crippen LogP contribution in [0.3, 0.4) is 0 Å². The van der Waals surface area contributed by atoms with E-state index in [1.165, 1.54) is 12.1 Å². The summed E-state index contributed by atoms with van der Waals surface area (Å²) in [6.07, 6.45) is 0. The van der Waals surface area contributed by atoms with Gasteiger partial charge in [-0.05, 0) is 30.3 Å². The minimum absolute atomic E-state index is 0.137. The molecule has 0 unspecified atom stereocenters. The lowest BCUT2D eigenvalue weighted by Crippen LogP contribution is -2.30. The number of nitrogens with two attached hydrogens (primary N) is 1. The summed E-state index contributed by atoms with van der Waals surface area (Å²) in [5.74, 6) is -1.62. The number of rotatable bonds is 3. The molecule has 0 radical (unpaired) electrons. The zero-order chi connectivity index (χ0) is 19.3. The Morgan fingerprint density at radius 2 is 2.07 bits per heavy atom. The highest BCUT2D eigenvalue weighted by atomic mass is 35.5. The zero-order valence-electron chi connectivity index (χ0n) is 14.3. The van der Waals surface area contributed by atoms with Gasteiger partial charge in [0, 0.05) is 28.5 Å². The fourth-order valence-electron chi connectivity index (χ4n) is 3.29. The first-order valence-electron chi connectivity index (χ1n) is 8.17. The number of aromatic nitrogens is 1. The second kappa shape index (κ2) is 6.28. The molecule has 0 fully saturated rings. The molecule has 0 saturated heterocycles. The van der Waals surface area contributed by atoms with E-state index in [0.717, 1.165) is 10.9 Å². The van der Waals surface area contributed by atoms with Crippen molar-refractivity contribution in [2.24, 2.45) is 12.8 Å². The largest absolute Gasteiger partial charge is 0.491 e. The van der Waals surface area contributed by atoms with Crippen LogP contribution in [0, 0.1) is 5.82 Å². The molecule has 0 saturated carbocycles. The van der Waals surface area contributed by atoms with Gasteiger partial charge in [-0.2, -0.15) is 0 Å². The van der Waals surface area contributed by atoms with Crippen molar-refractivity contribution in [1.29, 1.82) is 0 Å². The van der Waals surface area contributed by atoms with Crippen LogP contribution in [0.2, 0.25) is 5.02 Å². The molecule has 1 aliphatic heterocycles. The number of carbonyl (C=O) groups is 2. The molecule has 1 aliphatic rings. The second-order valence-electron chi connectivity index (χ2n) is 6.36. The first-order chi connectivity index (χ1) is 12.8. The summed E-state index contributed by atoms with van der Waals surface area (Å²) in [7, 11) is 1.77. The molecule has 3 N–H and O–H groups in total. The molecule has 2 amide bonds. The molecular weight excluding hydrogens is 373 g/mol. The fourth-order valence-corrected chi connectivity index (χ4v) is 3.46. The van der Waals surface area contributed by atoms with Gasteiger partial charge in [0.1, 0.15) is 23.9 Å². The lowest BCUT2D eigenvalue weighted by atomic mass is 10.0. The van der Waals surface area contributed by atoms with E-state index in [0.29, 0.717) is 22.0 Å². The molecular formula is C19H15ClFN3O3. The number of primary amides is 1. The van der Waals surface area contributed by atoms with E-state index in [9.17, 15) is 14.0 Å². The molecule has 0 aliphatic carbocycles. The highest BCUT2D eigenvalue weighted by Crippen LogP contribution is 2.34. The molecule has 8 heteroatoms. The number of aryl methyl sites for hydroxylation is 1. The molecule has 2 heterocycles. The minimum atomic E-state index is -0.874. The number of fused-ring (bicyclic) bond motifs is 2. The van der Waals surface area contributed by atoms with E-state index in [1.807, 2.05) is 6.07 Å². The third-order valence-electron chi connectivity index (χ3n) is 4.69. The summed E-state index contributed by atoms with van der Waals surface area (Å²) in [5.41, 5.74) is 6.64. The highest BCUT2D eigenvalue weighted by Gasteiger charge is 2.29. The number of hydrogen-bond acceptors (Lipinski definition) is 3. The standard InChI is InChI=1S/C19H15ClFN3O3/c1-24-15-5-10(20)3-2-9(15)4-16(24)19(26)23-14-8-27-17-7-11(18(22)25)13(21)6-12(14)17/h2-7,14H,8H2,1H3,(H2,22,25)(H,23,26)/t14-/m1/s1. The van der Waals surface area contributed by atoms with E-state index in [2.05, 4.69) is 5.32 Å². The second-order valence-corrected chi connectivity index (χ2v) is 6.80. The smallest absolute Gasteiger partial charge is 0.268 e. The maximum Gasteiger partial charge on any atom is 0.268 e. The molecule has 3 aromatic rings. The Hall–Kier alpha value is -3.06. The van der Waals surface area contributed by atoms with E-state index in [4.69, 9.17) is 22.1 Å². The van der Waals surface area contributed by atoms with Gasteiger partial charge in [0.25, 0.3) is 11.8 Å². The van der Waals surface area contributed by atoms with Crippen molar-refractivity contribution in [2.75, 3.05) is 6.61 Å². The van der Waals surface area contributed by atoms with Gasteiger partial charge in [-0.25, -0.2) is 4.39 Å². The number of benzene rings is 2. The maximum atomic E-state index is 14.1. The molecule has 1 aromatic heterocycles. The molecule has 138 valence electrons. The van der Waals surface area contributed by atoms with Gasteiger partial charge < -0.3 is 20.4 Å². The van der Waals surface area contributed by atoms with Crippen LogP contribution in [-0.2, 0) is 7.05 Å². The van der Waals surface area contributed by atoms with E-state index >= 15 is 0 Å². The molecule has 27 heavy (non-hydrogen) atoms.